The van der Waals surface area contributed by atoms with E-state index in [2.05, 4.69) is 5.32 Å². The van der Waals surface area contributed by atoms with Gasteiger partial charge in [-0.25, -0.2) is 8.42 Å². The second-order valence-electron chi connectivity index (χ2n) is 7.57. The Kier molecular flexibility index (Phi) is 8.22. The molecule has 0 bridgehead atoms. The summed E-state index contributed by atoms with van der Waals surface area (Å²) in [6.45, 7) is 0.655. The lowest BCUT2D eigenvalue weighted by Crippen LogP contribution is -2.27. The van der Waals surface area contributed by atoms with Gasteiger partial charge in [-0.15, -0.1) is 0 Å². The normalized spacial score (nSPS) is 15.0. The van der Waals surface area contributed by atoms with Gasteiger partial charge in [0.05, 0.1) is 10.6 Å². The maximum absolute atomic E-state index is 12.7. The predicted octanol–water partition coefficient (Wildman–Crippen LogP) is 4.70. The molecule has 1 fully saturated rings. The van der Waals surface area contributed by atoms with Gasteiger partial charge in [-0.05, 0) is 61.4 Å². The largest absolute Gasteiger partial charge is 0.352 e. The minimum absolute atomic E-state index is 0.127. The summed E-state index contributed by atoms with van der Waals surface area (Å²) in [5.74, 6) is 0.948. The molecule has 0 saturated heterocycles. The number of rotatable bonds is 9. The van der Waals surface area contributed by atoms with Crippen molar-refractivity contribution >= 4 is 33.4 Å². The smallest absolute Gasteiger partial charge is 0.264 e. The second-order valence-corrected chi connectivity index (χ2v) is 11.0. The van der Waals surface area contributed by atoms with E-state index in [-0.39, 0.29) is 10.8 Å². The molecule has 1 aliphatic rings. The van der Waals surface area contributed by atoms with Crippen molar-refractivity contribution < 1.29 is 13.2 Å². The van der Waals surface area contributed by atoms with Gasteiger partial charge in [-0.3, -0.25) is 9.10 Å². The minimum Gasteiger partial charge on any atom is -0.352 e. The zero-order valence-electron chi connectivity index (χ0n) is 17.4. The van der Waals surface area contributed by atoms with Crippen molar-refractivity contribution in [3.8, 4) is 0 Å². The van der Waals surface area contributed by atoms with E-state index < -0.39 is 10.0 Å². The standard InChI is InChI=1S/C23H30N2O3S2/c1-25(30(27,28)22-11-6-3-7-12-22)20-15-13-19(14-16-20)23(26)24-17-8-18-29-21-9-4-2-5-10-21/h3,6-7,11-16,21H,2,4-5,8-10,17-18H2,1H3,(H,24,26). The summed E-state index contributed by atoms with van der Waals surface area (Å²) in [6, 6.07) is 15.0. The molecule has 0 aliphatic heterocycles. The summed E-state index contributed by atoms with van der Waals surface area (Å²) in [4.78, 5) is 12.6. The Morgan fingerprint density at radius 2 is 1.70 bits per heavy atom. The zero-order valence-corrected chi connectivity index (χ0v) is 19.1. The molecule has 3 rings (SSSR count). The molecule has 0 spiro atoms. The van der Waals surface area contributed by atoms with Crippen LogP contribution in [0.4, 0.5) is 5.69 Å². The SMILES string of the molecule is CN(c1ccc(C(=O)NCCCSC2CCCCC2)cc1)S(=O)(=O)c1ccccc1. The highest BCUT2D eigenvalue weighted by molar-refractivity contribution is 7.99. The molecule has 0 unspecified atom stereocenters. The molecule has 1 saturated carbocycles. The summed E-state index contributed by atoms with van der Waals surface area (Å²) in [5.41, 5.74) is 1.04. The van der Waals surface area contributed by atoms with Crippen molar-refractivity contribution in [2.45, 2.75) is 48.7 Å². The number of nitrogens with one attached hydrogen (secondary N) is 1. The third-order valence-electron chi connectivity index (χ3n) is 5.41. The van der Waals surface area contributed by atoms with Gasteiger partial charge in [-0.1, -0.05) is 37.5 Å². The number of thioether (sulfide) groups is 1. The summed E-state index contributed by atoms with van der Waals surface area (Å²) in [5, 5.41) is 3.75. The average Bonchev–Trinajstić information content (AvgIpc) is 2.79. The van der Waals surface area contributed by atoms with Crippen LogP contribution in [-0.4, -0.2) is 38.9 Å². The molecule has 0 aromatic heterocycles. The van der Waals surface area contributed by atoms with E-state index in [4.69, 9.17) is 0 Å². The summed E-state index contributed by atoms with van der Waals surface area (Å²) < 4.78 is 26.7. The van der Waals surface area contributed by atoms with E-state index in [9.17, 15) is 13.2 Å². The van der Waals surface area contributed by atoms with Crippen LogP contribution in [0.2, 0.25) is 0 Å². The number of nitrogens with zero attached hydrogens (tertiary/aromatic N) is 1. The van der Waals surface area contributed by atoms with Gasteiger partial charge in [0.2, 0.25) is 0 Å². The van der Waals surface area contributed by atoms with Crippen molar-refractivity contribution in [3.63, 3.8) is 0 Å². The predicted molar refractivity (Wildman–Crippen MR) is 125 cm³/mol. The molecule has 2 aromatic rings. The lowest BCUT2D eigenvalue weighted by molar-refractivity contribution is 0.0954. The molecule has 5 nitrogen and oxygen atoms in total. The van der Waals surface area contributed by atoms with Gasteiger partial charge in [0.15, 0.2) is 0 Å². The van der Waals surface area contributed by atoms with Gasteiger partial charge in [0.1, 0.15) is 0 Å². The fraction of sp³-hybridized carbons (Fsp3) is 0.435. The Hall–Kier alpha value is -1.99. The number of carbonyl (C=O) groups is 1. The van der Waals surface area contributed by atoms with Crippen molar-refractivity contribution in [3.05, 3.63) is 60.2 Å². The highest BCUT2D eigenvalue weighted by atomic mass is 32.2. The summed E-state index contributed by atoms with van der Waals surface area (Å²) in [6.07, 6.45) is 7.71. The Balaban J connectivity index is 1.48. The number of hydrogen-bond donors (Lipinski definition) is 1. The number of amides is 1. The first kappa shape index (κ1) is 22.7. The van der Waals surface area contributed by atoms with E-state index in [0.29, 0.717) is 17.8 Å². The van der Waals surface area contributed by atoms with E-state index in [1.807, 2.05) is 11.8 Å². The number of carbonyl (C=O) groups excluding carboxylic acids is 1. The monoisotopic (exact) mass is 446 g/mol. The fourth-order valence-electron chi connectivity index (χ4n) is 3.57. The Morgan fingerprint density at radius 1 is 1.03 bits per heavy atom. The summed E-state index contributed by atoms with van der Waals surface area (Å²) >= 11 is 2.04. The number of benzene rings is 2. The third-order valence-corrected chi connectivity index (χ3v) is 8.67. The van der Waals surface area contributed by atoms with Crippen LogP contribution in [0.3, 0.4) is 0 Å². The Morgan fingerprint density at radius 3 is 2.37 bits per heavy atom. The maximum Gasteiger partial charge on any atom is 0.264 e. The van der Waals surface area contributed by atoms with Gasteiger partial charge >= 0.3 is 0 Å². The molecule has 1 aliphatic carbocycles. The van der Waals surface area contributed by atoms with Crippen LogP contribution in [0, 0.1) is 0 Å². The number of hydrogen-bond acceptors (Lipinski definition) is 4. The van der Waals surface area contributed by atoms with Crippen LogP contribution < -0.4 is 9.62 Å². The molecule has 7 heteroatoms. The third kappa shape index (κ3) is 6.01. The number of sulfonamides is 1. The van der Waals surface area contributed by atoms with Crippen LogP contribution in [0.5, 0.6) is 0 Å². The van der Waals surface area contributed by atoms with Crippen LogP contribution >= 0.6 is 11.8 Å². The van der Waals surface area contributed by atoms with Crippen molar-refractivity contribution in [2.75, 3.05) is 23.7 Å². The van der Waals surface area contributed by atoms with E-state index in [0.717, 1.165) is 17.4 Å². The van der Waals surface area contributed by atoms with E-state index >= 15 is 0 Å². The summed E-state index contributed by atoms with van der Waals surface area (Å²) in [7, 11) is -2.11. The van der Waals surface area contributed by atoms with Crippen LogP contribution in [0.1, 0.15) is 48.9 Å². The molecule has 0 radical (unpaired) electrons. The molecule has 1 amide bonds. The molecule has 162 valence electrons. The molecule has 0 atom stereocenters. The van der Waals surface area contributed by atoms with E-state index in [1.165, 1.54) is 43.5 Å². The maximum atomic E-state index is 12.7. The van der Waals surface area contributed by atoms with Gasteiger partial charge in [0.25, 0.3) is 15.9 Å². The molecular weight excluding hydrogens is 416 g/mol. The Labute approximate surface area is 184 Å². The lowest BCUT2D eigenvalue weighted by Gasteiger charge is -2.20. The first-order chi connectivity index (χ1) is 14.5. The first-order valence-electron chi connectivity index (χ1n) is 10.5. The minimum atomic E-state index is -3.62. The van der Waals surface area contributed by atoms with E-state index in [1.54, 1.807) is 54.6 Å². The molecule has 2 aromatic carbocycles. The Bertz CT molecular complexity index is 909. The van der Waals surface area contributed by atoms with Crippen molar-refractivity contribution in [1.29, 1.82) is 0 Å². The molecular formula is C23H30N2O3S2. The first-order valence-corrected chi connectivity index (χ1v) is 13.0. The lowest BCUT2D eigenvalue weighted by atomic mass is 10.0. The molecule has 30 heavy (non-hydrogen) atoms. The number of anilines is 1. The second kappa shape index (κ2) is 10.9. The van der Waals surface area contributed by atoms with Crippen LogP contribution in [-0.2, 0) is 10.0 Å². The highest BCUT2D eigenvalue weighted by Gasteiger charge is 2.21. The van der Waals surface area contributed by atoms with Crippen molar-refractivity contribution in [1.82, 2.24) is 5.32 Å². The quantitative estimate of drug-likeness (QED) is 0.567. The van der Waals surface area contributed by atoms with Gasteiger partial charge in [-0.2, -0.15) is 11.8 Å². The zero-order chi connectivity index (χ0) is 21.4. The topological polar surface area (TPSA) is 66.5 Å². The highest BCUT2D eigenvalue weighted by Crippen LogP contribution is 2.28. The van der Waals surface area contributed by atoms with Crippen LogP contribution in [0.25, 0.3) is 0 Å². The fourth-order valence-corrected chi connectivity index (χ4v) is 6.10. The molecule has 0 heterocycles. The van der Waals surface area contributed by atoms with Gasteiger partial charge < -0.3 is 5.32 Å². The molecule has 1 N–H and O–H groups in total. The van der Waals surface area contributed by atoms with Crippen molar-refractivity contribution in [2.24, 2.45) is 0 Å². The average molecular weight is 447 g/mol. The van der Waals surface area contributed by atoms with Gasteiger partial charge in [0, 0.05) is 24.4 Å². The van der Waals surface area contributed by atoms with Crippen LogP contribution in [0.15, 0.2) is 59.5 Å².